The van der Waals surface area contributed by atoms with Gasteiger partial charge in [0.05, 0.1) is 6.61 Å². The van der Waals surface area contributed by atoms with E-state index in [0.717, 1.165) is 4.90 Å². The molecule has 70 valence electrons. The van der Waals surface area contributed by atoms with Gasteiger partial charge >= 0.3 is 0 Å². The molecule has 0 aromatic heterocycles. The van der Waals surface area contributed by atoms with E-state index in [-0.39, 0.29) is 0 Å². The molecule has 1 aromatic carbocycles. The Morgan fingerprint density at radius 3 is 2.69 bits per heavy atom. The van der Waals surface area contributed by atoms with Gasteiger partial charge in [-0.2, -0.15) is 0 Å². The summed E-state index contributed by atoms with van der Waals surface area (Å²) in [4.78, 5) is 1.14. The first-order chi connectivity index (χ1) is 6.33. The molecule has 0 saturated heterocycles. The van der Waals surface area contributed by atoms with Crippen molar-refractivity contribution in [3.8, 4) is 0 Å². The zero-order chi connectivity index (χ0) is 9.52. The van der Waals surface area contributed by atoms with E-state index in [9.17, 15) is 0 Å². The molecular formula is C11H14OS. The first kappa shape index (κ1) is 10.4. The number of rotatable bonds is 4. The van der Waals surface area contributed by atoms with E-state index in [0.29, 0.717) is 6.61 Å². The summed E-state index contributed by atoms with van der Waals surface area (Å²) in [5, 5.41) is 0. The second kappa shape index (κ2) is 5.84. The van der Waals surface area contributed by atoms with Crippen LogP contribution in [0.1, 0.15) is 13.8 Å². The van der Waals surface area contributed by atoms with Crippen LogP contribution in [0.5, 0.6) is 0 Å². The second-order valence-electron chi connectivity index (χ2n) is 2.79. The van der Waals surface area contributed by atoms with Crippen molar-refractivity contribution in [2.75, 3.05) is 6.61 Å². The van der Waals surface area contributed by atoms with Crippen molar-refractivity contribution >= 4 is 12.0 Å². The minimum absolute atomic E-state index is 0.691. The molecule has 1 rings (SSSR count). The number of allylic oxidation sites excluding steroid dienone is 1. The number of benzene rings is 1. The van der Waals surface area contributed by atoms with Crippen molar-refractivity contribution < 1.29 is 4.18 Å². The minimum Gasteiger partial charge on any atom is -0.306 e. The summed E-state index contributed by atoms with van der Waals surface area (Å²) in [7, 11) is 0. The van der Waals surface area contributed by atoms with Crippen molar-refractivity contribution in [3.63, 3.8) is 0 Å². The molecule has 0 spiro atoms. The van der Waals surface area contributed by atoms with Gasteiger partial charge in [-0.1, -0.05) is 29.8 Å². The Balaban J connectivity index is 2.28. The molecule has 0 amide bonds. The Hall–Kier alpha value is -0.730. The van der Waals surface area contributed by atoms with E-state index in [4.69, 9.17) is 4.18 Å². The second-order valence-corrected chi connectivity index (χ2v) is 3.67. The van der Waals surface area contributed by atoms with Crippen LogP contribution in [0.25, 0.3) is 0 Å². The molecule has 0 radical (unpaired) electrons. The highest BCUT2D eigenvalue weighted by atomic mass is 32.2. The molecular weight excluding hydrogens is 180 g/mol. The maximum atomic E-state index is 5.42. The molecule has 2 heteroatoms. The Bertz CT molecular complexity index is 267. The first-order valence-electron chi connectivity index (χ1n) is 4.29. The third kappa shape index (κ3) is 4.15. The summed E-state index contributed by atoms with van der Waals surface area (Å²) in [5.74, 6) is 0. The van der Waals surface area contributed by atoms with E-state index < -0.39 is 0 Å². The van der Waals surface area contributed by atoms with Crippen LogP contribution < -0.4 is 0 Å². The molecule has 0 unspecified atom stereocenters. The highest BCUT2D eigenvalue weighted by molar-refractivity contribution is 7.94. The lowest BCUT2D eigenvalue weighted by molar-refractivity contribution is 0.415. The van der Waals surface area contributed by atoms with Crippen LogP contribution in [0.4, 0.5) is 0 Å². The normalized spacial score (nSPS) is 11.7. The Morgan fingerprint density at radius 2 is 2.08 bits per heavy atom. The average Bonchev–Trinajstić information content (AvgIpc) is 2.19. The van der Waals surface area contributed by atoms with Crippen LogP contribution in [0.2, 0.25) is 0 Å². The van der Waals surface area contributed by atoms with Crippen molar-refractivity contribution in [1.82, 2.24) is 0 Å². The maximum absolute atomic E-state index is 5.42. The summed E-state index contributed by atoms with van der Waals surface area (Å²) in [6.07, 6.45) is 2.06. The quantitative estimate of drug-likeness (QED) is 0.534. The molecule has 0 N–H and O–H groups in total. The summed E-state index contributed by atoms with van der Waals surface area (Å²) < 4.78 is 5.42. The van der Waals surface area contributed by atoms with Gasteiger partial charge in [-0.25, -0.2) is 0 Å². The largest absolute Gasteiger partial charge is 0.306 e. The van der Waals surface area contributed by atoms with Gasteiger partial charge in [0.25, 0.3) is 0 Å². The molecule has 0 fully saturated rings. The zero-order valence-electron chi connectivity index (χ0n) is 7.99. The van der Waals surface area contributed by atoms with Gasteiger partial charge in [0.15, 0.2) is 0 Å². The van der Waals surface area contributed by atoms with Crippen LogP contribution in [0, 0.1) is 0 Å². The highest BCUT2D eigenvalue weighted by Gasteiger charge is 1.93. The maximum Gasteiger partial charge on any atom is 0.0826 e. The van der Waals surface area contributed by atoms with Gasteiger partial charge in [0, 0.05) is 16.9 Å². The van der Waals surface area contributed by atoms with E-state index in [1.54, 1.807) is 0 Å². The minimum atomic E-state index is 0.691. The van der Waals surface area contributed by atoms with Gasteiger partial charge in [-0.05, 0) is 26.0 Å². The van der Waals surface area contributed by atoms with Crippen LogP contribution in [0.3, 0.4) is 0 Å². The zero-order valence-corrected chi connectivity index (χ0v) is 8.80. The predicted octanol–water partition coefficient (Wildman–Crippen LogP) is 3.68. The van der Waals surface area contributed by atoms with Crippen LogP contribution in [0.15, 0.2) is 46.9 Å². The molecule has 1 aromatic rings. The topological polar surface area (TPSA) is 9.23 Å². The fourth-order valence-corrected chi connectivity index (χ4v) is 1.40. The lowest BCUT2D eigenvalue weighted by Crippen LogP contribution is -1.87. The van der Waals surface area contributed by atoms with Gasteiger partial charge in [0.2, 0.25) is 0 Å². The summed E-state index contributed by atoms with van der Waals surface area (Å²) in [6.45, 7) is 4.77. The molecule has 0 aliphatic heterocycles. The monoisotopic (exact) mass is 194 g/mol. The molecule has 0 aliphatic rings. The molecule has 1 nitrogen and oxygen atoms in total. The summed E-state index contributed by atoms with van der Waals surface area (Å²) in [6, 6.07) is 10.1. The Labute approximate surface area is 84.0 Å². The smallest absolute Gasteiger partial charge is 0.0826 e. The van der Waals surface area contributed by atoms with Crippen LogP contribution >= 0.6 is 12.0 Å². The molecule has 0 aliphatic carbocycles. The standard InChI is InChI=1S/C11H14OS/c1-3-10(2)9-12-13-11-7-5-4-6-8-11/h3-8H,9H2,1-2H3/b10-3-. The van der Waals surface area contributed by atoms with Crippen LogP contribution in [-0.4, -0.2) is 6.61 Å². The molecule has 0 atom stereocenters. The average molecular weight is 194 g/mol. The van der Waals surface area contributed by atoms with Crippen molar-refractivity contribution in [1.29, 1.82) is 0 Å². The molecule has 0 heterocycles. The highest BCUT2D eigenvalue weighted by Crippen LogP contribution is 2.18. The van der Waals surface area contributed by atoms with Crippen molar-refractivity contribution in [2.24, 2.45) is 0 Å². The third-order valence-corrected chi connectivity index (χ3v) is 2.38. The lowest BCUT2D eigenvalue weighted by atomic mass is 10.3. The van der Waals surface area contributed by atoms with E-state index in [1.165, 1.54) is 17.6 Å². The van der Waals surface area contributed by atoms with Crippen LogP contribution in [-0.2, 0) is 4.18 Å². The summed E-state index contributed by atoms with van der Waals surface area (Å²) >= 11 is 1.42. The van der Waals surface area contributed by atoms with Crippen molar-refractivity contribution in [2.45, 2.75) is 18.7 Å². The Morgan fingerprint density at radius 1 is 1.38 bits per heavy atom. The van der Waals surface area contributed by atoms with Gasteiger partial charge in [-0.15, -0.1) is 0 Å². The van der Waals surface area contributed by atoms with Gasteiger partial charge in [-0.3, -0.25) is 0 Å². The molecule has 0 saturated carbocycles. The lowest BCUT2D eigenvalue weighted by Gasteiger charge is -2.01. The summed E-state index contributed by atoms with van der Waals surface area (Å²) in [5.41, 5.74) is 1.25. The third-order valence-electron chi connectivity index (χ3n) is 1.68. The fraction of sp³-hybridized carbons (Fsp3) is 0.273. The van der Waals surface area contributed by atoms with Crippen molar-refractivity contribution in [3.05, 3.63) is 42.0 Å². The van der Waals surface area contributed by atoms with E-state index in [2.05, 4.69) is 13.0 Å². The fourth-order valence-electron chi connectivity index (χ4n) is 0.750. The number of hydrogen-bond donors (Lipinski definition) is 0. The number of hydrogen-bond acceptors (Lipinski definition) is 2. The van der Waals surface area contributed by atoms with E-state index in [1.807, 2.05) is 37.3 Å². The first-order valence-corrected chi connectivity index (χ1v) is 5.03. The predicted molar refractivity (Wildman–Crippen MR) is 57.7 cm³/mol. The van der Waals surface area contributed by atoms with Gasteiger partial charge < -0.3 is 4.18 Å². The van der Waals surface area contributed by atoms with Gasteiger partial charge in [0.1, 0.15) is 0 Å². The molecule has 0 bridgehead atoms. The molecule has 13 heavy (non-hydrogen) atoms. The van der Waals surface area contributed by atoms with E-state index >= 15 is 0 Å². The Kier molecular flexibility index (Phi) is 4.65. The SMILES string of the molecule is C/C=C(/C)COSc1ccccc1.